The summed E-state index contributed by atoms with van der Waals surface area (Å²) in [4.78, 5) is 4.51. The fourth-order valence-electron chi connectivity index (χ4n) is 3.51. The van der Waals surface area contributed by atoms with Gasteiger partial charge in [-0.15, -0.1) is 0 Å². The van der Waals surface area contributed by atoms with Crippen LogP contribution in [-0.2, 0) is 0 Å². The molecule has 0 unspecified atom stereocenters. The van der Waals surface area contributed by atoms with Gasteiger partial charge in [0.2, 0.25) is 0 Å². The van der Waals surface area contributed by atoms with E-state index in [0.29, 0.717) is 5.92 Å². The summed E-state index contributed by atoms with van der Waals surface area (Å²) in [5, 5.41) is 11.0. The maximum absolute atomic E-state index is 11.0. The maximum atomic E-state index is 11.0. The van der Waals surface area contributed by atoms with Crippen LogP contribution in [0.25, 0.3) is 0 Å². The average Bonchev–Trinajstić information content (AvgIpc) is 2.58. The molecule has 0 spiro atoms. The van der Waals surface area contributed by atoms with Crippen molar-refractivity contribution in [1.29, 1.82) is 0 Å². The first-order chi connectivity index (χ1) is 10.4. The molecule has 2 aromatic rings. The van der Waals surface area contributed by atoms with E-state index < -0.39 is 0 Å². The highest BCUT2D eigenvalue weighted by atomic mass is 16.3. The average molecular weight is 281 g/mol. The molecule has 110 valence electrons. The summed E-state index contributed by atoms with van der Waals surface area (Å²) < 4.78 is 0. The summed E-state index contributed by atoms with van der Waals surface area (Å²) in [6.07, 6.45) is 7.54. The van der Waals surface area contributed by atoms with Crippen molar-refractivity contribution in [2.75, 3.05) is 0 Å². The summed E-state index contributed by atoms with van der Waals surface area (Å²) in [5.74, 6) is 0.376. The molecule has 0 bridgehead atoms. The van der Waals surface area contributed by atoms with Crippen molar-refractivity contribution >= 4 is 0 Å². The van der Waals surface area contributed by atoms with Gasteiger partial charge in [-0.1, -0.05) is 55.7 Å². The first kappa shape index (κ1) is 14.3. The second-order valence-electron chi connectivity index (χ2n) is 6.03. The van der Waals surface area contributed by atoms with Crippen molar-refractivity contribution in [1.82, 2.24) is 4.98 Å². The second kappa shape index (κ2) is 6.86. The lowest BCUT2D eigenvalue weighted by Crippen LogP contribution is -2.30. The van der Waals surface area contributed by atoms with Crippen LogP contribution in [0.4, 0.5) is 0 Å². The van der Waals surface area contributed by atoms with Crippen molar-refractivity contribution in [3.8, 4) is 0 Å². The van der Waals surface area contributed by atoms with E-state index in [0.717, 1.165) is 24.1 Å². The quantitative estimate of drug-likeness (QED) is 0.913. The van der Waals surface area contributed by atoms with Gasteiger partial charge in [0.1, 0.15) is 0 Å². The Kier molecular flexibility index (Phi) is 4.66. The number of pyridine rings is 1. The lowest BCUT2D eigenvalue weighted by atomic mass is 9.77. The minimum atomic E-state index is -0.345. The van der Waals surface area contributed by atoms with Gasteiger partial charge in [-0.2, -0.15) is 0 Å². The van der Waals surface area contributed by atoms with E-state index in [2.05, 4.69) is 17.1 Å². The second-order valence-corrected chi connectivity index (χ2v) is 6.03. The fraction of sp³-hybridized carbons (Fsp3) is 0.421. The molecule has 1 aromatic carbocycles. The summed E-state index contributed by atoms with van der Waals surface area (Å²) in [7, 11) is 0. The Morgan fingerprint density at radius 3 is 2.29 bits per heavy atom. The van der Waals surface area contributed by atoms with E-state index in [1.807, 2.05) is 42.6 Å². The van der Waals surface area contributed by atoms with Crippen LogP contribution in [0, 0.1) is 5.92 Å². The Morgan fingerprint density at radius 2 is 1.62 bits per heavy atom. The van der Waals surface area contributed by atoms with Crippen LogP contribution >= 0.6 is 0 Å². The van der Waals surface area contributed by atoms with Crippen LogP contribution in [0.5, 0.6) is 0 Å². The van der Waals surface area contributed by atoms with E-state index in [9.17, 15) is 5.11 Å². The van der Waals surface area contributed by atoms with E-state index in [-0.39, 0.29) is 12.0 Å². The zero-order chi connectivity index (χ0) is 14.5. The Labute approximate surface area is 126 Å². The number of nitrogens with zero attached hydrogens (tertiary/aromatic N) is 1. The van der Waals surface area contributed by atoms with Crippen molar-refractivity contribution in [3.05, 3.63) is 66.0 Å². The lowest BCUT2D eigenvalue weighted by Gasteiger charge is -2.32. The molecule has 1 saturated carbocycles. The largest absolute Gasteiger partial charge is 0.392 e. The molecule has 1 aromatic heterocycles. The minimum Gasteiger partial charge on any atom is -0.392 e. The third-order valence-corrected chi connectivity index (χ3v) is 4.64. The zero-order valence-electron chi connectivity index (χ0n) is 12.4. The molecule has 1 N–H and O–H groups in total. The van der Waals surface area contributed by atoms with Gasteiger partial charge in [0.25, 0.3) is 0 Å². The smallest absolute Gasteiger partial charge is 0.0692 e. The van der Waals surface area contributed by atoms with Gasteiger partial charge in [-0.25, -0.2) is 0 Å². The van der Waals surface area contributed by atoms with Crippen LogP contribution in [0.2, 0.25) is 0 Å². The third-order valence-electron chi connectivity index (χ3n) is 4.64. The van der Waals surface area contributed by atoms with E-state index >= 15 is 0 Å². The molecule has 1 fully saturated rings. The number of aromatic nitrogens is 1. The highest BCUT2D eigenvalue weighted by Gasteiger charge is 2.31. The van der Waals surface area contributed by atoms with Crippen molar-refractivity contribution in [2.24, 2.45) is 5.92 Å². The van der Waals surface area contributed by atoms with E-state index in [1.54, 1.807) is 0 Å². The summed E-state index contributed by atoms with van der Waals surface area (Å²) >= 11 is 0. The molecule has 3 rings (SSSR count). The molecule has 0 radical (unpaired) electrons. The zero-order valence-corrected chi connectivity index (χ0v) is 12.4. The molecule has 21 heavy (non-hydrogen) atoms. The van der Waals surface area contributed by atoms with Crippen molar-refractivity contribution in [3.63, 3.8) is 0 Å². The molecule has 0 saturated heterocycles. The van der Waals surface area contributed by atoms with Crippen molar-refractivity contribution in [2.45, 2.75) is 44.1 Å². The predicted octanol–water partition coefficient (Wildman–Crippen LogP) is 4.15. The summed E-state index contributed by atoms with van der Waals surface area (Å²) in [6, 6.07) is 16.3. The Bertz CT molecular complexity index is 495. The molecule has 1 aliphatic rings. The lowest BCUT2D eigenvalue weighted by molar-refractivity contribution is 0.0696. The number of aliphatic hydroxyl groups is 1. The van der Waals surface area contributed by atoms with E-state index in [1.165, 1.54) is 19.3 Å². The normalized spacial score (nSPS) is 19.1. The molecule has 1 aliphatic carbocycles. The highest BCUT2D eigenvalue weighted by molar-refractivity contribution is 5.30. The Balaban J connectivity index is 1.92. The summed E-state index contributed by atoms with van der Waals surface area (Å²) in [5.41, 5.74) is 2.14. The van der Waals surface area contributed by atoms with Crippen LogP contribution in [-0.4, -0.2) is 16.2 Å². The number of rotatable bonds is 4. The number of aliphatic hydroxyl groups excluding tert-OH is 1. The number of benzene rings is 1. The minimum absolute atomic E-state index is 0.0181. The molecule has 0 aliphatic heterocycles. The molecular weight excluding hydrogens is 258 g/mol. The fourth-order valence-corrected chi connectivity index (χ4v) is 3.51. The van der Waals surface area contributed by atoms with Crippen LogP contribution in [0.1, 0.15) is 49.3 Å². The maximum Gasteiger partial charge on any atom is 0.0692 e. The SMILES string of the molecule is O[C@@H](C1CCCCC1)[C@@H](c1ccccc1)c1ccccn1. The standard InChI is InChI=1S/C19H23NO/c21-19(16-11-5-2-6-12-16)18(15-9-3-1-4-10-15)17-13-7-8-14-20-17/h1,3-4,7-10,13-14,16,18-19,21H,2,5-6,11-12H2/t18-,19-/m0/s1. The van der Waals surface area contributed by atoms with Gasteiger partial charge < -0.3 is 5.11 Å². The van der Waals surface area contributed by atoms with Gasteiger partial charge in [-0.05, 0) is 36.5 Å². The molecule has 1 heterocycles. The van der Waals surface area contributed by atoms with E-state index in [4.69, 9.17) is 0 Å². The van der Waals surface area contributed by atoms with Gasteiger partial charge in [-0.3, -0.25) is 4.98 Å². The molecule has 2 heteroatoms. The van der Waals surface area contributed by atoms with Gasteiger partial charge in [0, 0.05) is 6.20 Å². The summed E-state index contributed by atoms with van der Waals surface area (Å²) in [6.45, 7) is 0. The van der Waals surface area contributed by atoms with Crippen LogP contribution in [0.3, 0.4) is 0 Å². The monoisotopic (exact) mass is 281 g/mol. The van der Waals surface area contributed by atoms with Crippen molar-refractivity contribution < 1.29 is 5.11 Å². The molecular formula is C19H23NO. The van der Waals surface area contributed by atoms with Gasteiger partial charge in [0.05, 0.1) is 17.7 Å². The number of hydrogen-bond donors (Lipinski definition) is 1. The van der Waals surface area contributed by atoms with Gasteiger partial charge >= 0.3 is 0 Å². The topological polar surface area (TPSA) is 33.1 Å². The molecule has 0 amide bonds. The van der Waals surface area contributed by atoms with Crippen LogP contribution < -0.4 is 0 Å². The Hall–Kier alpha value is -1.67. The predicted molar refractivity (Wildman–Crippen MR) is 85.1 cm³/mol. The molecule has 2 atom stereocenters. The molecule has 2 nitrogen and oxygen atoms in total. The first-order valence-electron chi connectivity index (χ1n) is 8.00. The third kappa shape index (κ3) is 3.33. The van der Waals surface area contributed by atoms with Gasteiger partial charge in [0.15, 0.2) is 0 Å². The Morgan fingerprint density at radius 1 is 0.905 bits per heavy atom. The number of hydrogen-bond acceptors (Lipinski definition) is 2. The van der Waals surface area contributed by atoms with Crippen LogP contribution in [0.15, 0.2) is 54.7 Å². The highest BCUT2D eigenvalue weighted by Crippen LogP contribution is 2.36. The first-order valence-corrected chi connectivity index (χ1v) is 8.00.